The average molecular weight is 255 g/mol. The van der Waals surface area contributed by atoms with Gasteiger partial charge in [-0.05, 0) is 18.8 Å². The molecule has 1 aromatic rings. The van der Waals surface area contributed by atoms with E-state index in [1.165, 1.54) is 25.0 Å². The summed E-state index contributed by atoms with van der Waals surface area (Å²) >= 11 is 0. The predicted molar refractivity (Wildman–Crippen MR) is 66.7 cm³/mol. The molecule has 1 N–H and O–H groups in total. The highest BCUT2D eigenvalue weighted by Gasteiger charge is 2.30. The number of hydrogen-bond acceptors (Lipinski definition) is 2. The number of nitrogens with one attached hydrogen (secondary N) is 1. The van der Waals surface area contributed by atoms with Gasteiger partial charge in [-0.15, -0.1) is 0 Å². The van der Waals surface area contributed by atoms with E-state index in [1.807, 2.05) is 0 Å². The highest BCUT2D eigenvalue weighted by atomic mass is 19.3. The van der Waals surface area contributed by atoms with E-state index in [9.17, 15) is 8.78 Å². The first-order valence-electron chi connectivity index (χ1n) is 6.40. The lowest BCUT2D eigenvalue weighted by Gasteiger charge is -2.17. The van der Waals surface area contributed by atoms with E-state index in [4.69, 9.17) is 4.74 Å². The SMILES string of the molecule is FC(F)(CNCCOCC1CC1)c1ccccc1. The second-order valence-corrected chi connectivity index (χ2v) is 4.77. The zero-order chi connectivity index (χ0) is 12.8. The van der Waals surface area contributed by atoms with Gasteiger partial charge in [0.25, 0.3) is 5.92 Å². The molecule has 1 saturated carbocycles. The summed E-state index contributed by atoms with van der Waals surface area (Å²) in [6.45, 7) is 1.40. The molecule has 0 heterocycles. The maximum atomic E-state index is 13.7. The summed E-state index contributed by atoms with van der Waals surface area (Å²) in [5.74, 6) is -2.10. The summed E-state index contributed by atoms with van der Waals surface area (Å²) in [4.78, 5) is 0. The van der Waals surface area contributed by atoms with Crippen LogP contribution in [0.4, 0.5) is 8.78 Å². The Bertz CT molecular complexity index is 352. The Morgan fingerprint density at radius 1 is 1.22 bits per heavy atom. The van der Waals surface area contributed by atoms with Crippen LogP contribution in [0.1, 0.15) is 18.4 Å². The van der Waals surface area contributed by atoms with Gasteiger partial charge in [-0.25, -0.2) is 0 Å². The van der Waals surface area contributed by atoms with Crippen LogP contribution >= 0.6 is 0 Å². The van der Waals surface area contributed by atoms with E-state index in [2.05, 4.69) is 5.32 Å². The molecule has 0 bridgehead atoms. The van der Waals surface area contributed by atoms with E-state index < -0.39 is 5.92 Å². The van der Waals surface area contributed by atoms with Crippen LogP contribution in [0.2, 0.25) is 0 Å². The first kappa shape index (κ1) is 13.4. The van der Waals surface area contributed by atoms with Crippen LogP contribution in [-0.2, 0) is 10.7 Å². The van der Waals surface area contributed by atoms with Crippen LogP contribution in [-0.4, -0.2) is 26.3 Å². The second kappa shape index (κ2) is 6.25. The molecule has 18 heavy (non-hydrogen) atoms. The van der Waals surface area contributed by atoms with Crippen molar-refractivity contribution in [1.29, 1.82) is 0 Å². The van der Waals surface area contributed by atoms with Crippen molar-refractivity contribution >= 4 is 0 Å². The molecular weight excluding hydrogens is 236 g/mol. The molecule has 0 spiro atoms. The Morgan fingerprint density at radius 2 is 1.94 bits per heavy atom. The van der Waals surface area contributed by atoms with Crippen LogP contribution < -0.4 is 5.32 Å². The van der Waals surface area contributed by atoms with Crippen molar-refractivity contribution in [3.63, 3.8) is 0 Å². The Morgan fingerprint density at radius 3 is 2.61 bits per heavy atom. The number of rotatable bonds is 8. The number of alkyl halides is 2. The third-order valence-electron chi connectivity index (χ3n) is 3.02. The van der Waals surface area contributed by atoms with E-state index in [0.717, 1.165) is 12.5 Å². The van der Waals surface area contributed by atoms with Gasteiger partial charge >= 0.3 is 0 Å². The fourth-order valence-electron chi connectivity index (χ4n) is 1.71. The van der Waals surface area contributed by atoms with Gasteiger partial charge in [0.2, 0.25) is 0 Å². The third kappa shape index (κ3) is 4.35. The van der Waals surface area contributed by atoms with Crippen LogP contribution in [0.15, 0.2) is 30.3 Å². The fourth-order valence-corrected chi connectivity index (χ4v) is 1.71. The fraction of sp³-hybridized carbons (Fsp3) is 0.571. The summed E-state index contributed by atoms with van der Waals surface area (Å²) in [6, 6.07) is 7.89. The minimum Gasteiger partial charge on any atom is -0.380 e. The monoisotopic (exact) mass is 255 g/mol. The minimum atomic E-state index is -2.82. The molecule has 2 rings (SSSR count). The van der Waals surface area contributed by atoms with Crippen LogP contribution in [0.3, 0.4) is 0 Å². The summed E-state index contributed by atoms with van der Waals surface area (Å²) in [6.07, 6.45) is 2.50. The van der Waals surface area contributed by atoms with Crippen molar-refractivity contribution in [3.8, 4) is 0 Å². The van der Waals surface area contributed by atoms with Gasteiger partial charge in [-0.3, -0.25) is 0 Å². The van der Waals surface area contributed by atoms with Gasteiger partial charge in [0.1, 0.15) is 0 Å². The zero-order valence-corrected chi connectivity index (χ0v) is 10.4. The molecule has 1 aliphatic carbocycles. The smallest absolute Gasteiger partial charge is 0.285 e. The molecule has 1 fully saturated rings. The lowest BCUT2D eigenvalue weighted by molar-refractivity contribution is -0.00484. The molecule has 1 aromatic carbocycles. The van der Waals surface area contributed by atoms with Gasteiger partial charge in [0.05, 0.1) is 13.2 Å². The lowest BCUT2D eigenvalue weighted by Crippen LogP contribution is -2.32. The molecule has 0 radical (unpaired) electrons. The lowest BCUT2D eigenvalue weighted by atomic mass is 10.1. The van der Waals surface area contributed by atoms with E-state index in [1.54, 1.807) is 18.2 Å². The molecule has 0 saturated heterocycles. The van der Waals surface area contributed by atoms with Crippen molar-refractivity contribution in [2.24, 2.45) is 5.92 Å². The first-order chi connectivity index (χ1) is 8.68. The van der Waals surface area contributed by atoms with Crippen LogP contribution in [0.25, 0.3) is 0 Å². The first-order valence-corrected chi connectivity index (χ1v) is 6.40. The molecule has 0 atom stereocenters. The second-order valence-electron chi connectivity index (χ2n) is 4.77. The largest absolute Gasteiger partial charge is 0.380 e. The molecule has 0 amide bonds. The molecule has 0 unspecified atom stereocenters. The van der Waals surface area contributed by atoms with Crippen molar-refractivity contribution in [2.45, 2.75) is 18.8 Å². The summed E-state index contributed by atoms with van der Waals surface area (Å²) in [5, 5.41) is 2.74. The van der Waals surface area contributed by atoms with E-state index >= 15 is 0 Å². The Hall–Kier alpha value is -1.00. The number of hydrogen-bond donors (Lipinski definition) is 1. The Kier molecular flexibility index (Phi) is 4.66. The minimum absolute atomic E-state index is 0.0522. The number of halogens is 2. The number of benzene rings is 1. The predicted octanol–water partition coefficient (Wildman–Crippen LogP) is 2.79. The maximum absolute atomic E-state index is 13.7. The highest BCUT2D eigenvalue weighted by Crippen LogP contribution is 2.28. The summed E-state index contributed by atoms with van der Waals surface area (Å²) in [7, 11) is 0. The van der Waals surface area contributed by atoms with Gasteiger partial charge < -0.3 is 10.1 Å². The van der Waals surface area contributed by atoms with Crippen molar-refractivity contribution in [1.82, 2.24) is 5.32 Å². The molecular formula is C14H19F2NO. The highest BCUT2D eigenvalue weighted by molar-refractivity contribution is 5.20. The topological polar surface area (TPSA) is 21.3 Å². The van der Waals surface area contributed by atoms with Crippen molar-refractivity contribution < 1.29 is 13.5 Å². The van der Waals surface area contributed by atoms with Crippen LogP contribution in [0, 0.1) is 5.92 Å². The summed E-state index contributed by atoms with van der Waals surface area (Å²) in [5.41, 5.74) is 0.0522. The quantitative estimate of drug-likeness (QED) is 0.721. The Balaban J connectivity index is 1.62. The molecule has 1 aliphatic rings. The maximum Gasteiger partial charge on any atom is 0.285 e. The van der Waals surface area contributed by atoms with Crippen molar-refractivity contribution in [2.75, 3.05) is 26.3 Å². The molecule has 100 valence electrons. The van der Waals surface area contributed by atoms with Gasteiger partial charge in [0.15, 0.2) is 0 Å². The average Bonchev–Trinajstić information content (AvgIpc) is 3.19. The van der Waals surface area contributed by atoms with Crippen molar-refractivity contribution in [3.05, 3.63) is 35.9 Å². The van der Waals surface area contributed by atoms with Gasteiger partial charge in [-0.2, -0.15) is 8.78 Å². The van der Waals surface area contributed by atoms with Gasteiger partial charge in [0, 0.05) is 18.7 Å². The molecule has 0 aromatic heterocycles. The summed E-state index contributed by atoms with van der Waals surface area (Å²) < 4.78 is 32.8. The van der Waals surface area contributed by atoms with E-state index in [-0.39, 0.29) is 12.1 Å². The van der Waals surface area contributed by atoms with E-state index in [0.29, 0.717) is 13.2 Å². The Labute approximate surface area is 106 Å². The third-order valence-corrected chi connectivity index (χ3v) is 3.02. The normalized spacial score (nSPS) is 15.9. The van der Waals surface area contributed by atoms with Crippen LogP contribution in [0.5, 0.6) is 0 Å². The molecule has 4 heteroatoms. The molecule has 0 aliphatic heterocycles. The molecule has 2 nitrogen and oxygen atoms in total. The number of ether oxygens (including phenoxy) is 1. The zero-order valence-electron chi connectivity index (χ0n) is 10.4. The standard InChI is InChI=1S/C14H19F2NO/c15-14(16,13-4-2-1-3-5-13)11-17-8-9-18-10-12-6-7-12/h1-5,12,17H,6-11H2. The van der Waals surface area contributed by atoms with Gasteiger partial charge in [-0.1, -0.05) is 30.3 Å².